The van der Waals surface area contributed by atoms with E-state index in [0.717, 1.165) is 25.0 Å². The Morgan fingerprint density at radius 3 is 2.14 bits per heavy atom. The van der Waals surface area contributed by atoms with E-state index >= 15 is 0 Å². The Labute approximate surface area is 130 Å². The lowest BCUT2D eigenvalue weighted by Gasteiger charge is -2.55. The molecule has 0 spiro atoms. The molecule has 0 aromatic heterocycles. The van der Waals surface area contributed by atoms with Gasteiger partial charge in [-0.25, -0.2) is 0 Å². The van der Waals surface area contributed by atoms with Gasteiger partial charge in [-0.15, -0.1) is 0 Å². The van der Waals surface area contributed by atoms with Gasteiger partial charge in [0.05, 0.1) is 12.0 Å². The molecule has 0 aromatic carbocycles. The second kappa shape index (κ2) is 5.82. The number of carbonyl (C=O) groups is 2. The van der Waals surface area contributed by atoms with Crippen LogP contribution in [0.2, 0.25) is 0 Å². The predicted molar refractivity (Wildman–Crippen MR) is 80.5 cm³/mol. The molecule has 4 saturated carbocycles. The van der Waals surface area contributed by atoms with Crippen molar-refractivity contribution < 1.29 is 14.7 Å². The minimum absolute atomic E-state index is 0.0168. The zero-order chi connectivity index (χ0) is 15.0. The first-order chi connectivity index (χ1) is 10.0. The molecule has 118 valence electrons. The number of aliphatic carboxylic acids is 1. The van der Waals surface area contributed by atoms with Gasteiger partial charge < -0.3 is 15.2 Å². The maximum Gasteiger partial charge on any atom is 0.226 e. The standard InChI is InChI=1S/C16H25NO3S/c1-21-3-2-13(14(18)19)17-15(20)16-7-10-4-11(8-16)6-12(5-10)9-16/h10-13H,2-9H2,1H3,(H,17,20)(H,18,19)/p-1/t10?,11?,12?,13-,16?/m1/s1. The van der Waals surface area contributed by atoms with Crippen molar-refractivity contribution in [3.63, 3.8) is 0 Å². The van der Waals surface area contributed by atoms with Crippen molar-refractivity contribution in [3.8, 4) is 0 Å². The highest BCUT2D eigenvalue weighted by Crippen LogP contribution is 2.60. The van der Waals surface area contributed by atoms with Gasteiger partial charge in [-0.3, -0.25) is 4.79 Å². The van der Waals surface area contributed by atoms with Crippen LogP contribution in [0.25, 0.3) is 0 Å². The molecule has 4 aliphatic rings. The zero-order valence-corrected chi connectivity index (χ0v) is 13.4. The smallest absolute Gasteiger partial charge is 0.226 e. The van der Waals surface area contributed by atoms with Crippen molar-refractivity contribution in [3.05, 3.63) is 0 Å². The quantitative estimate of drug-likeness (QED) is 0.800. The van der Waals surface area contributed by atoms with Gasteiger partial charge >= 0.3 is 0 Å². The summed E-state index contributed by atoms with van der Waals surface area (Å²) in [7, 11) is 0. The first kappa shape index (κ1) is 15.2. The average molecular weight is 310 g/mol. The maximum atomic E-state index is 12.8. The second-order valence-electron chi connectivity index (χ2n) is 7.32. The molecule has 4 bridgehead atoms. The Kier molecular flexibility index (Phi) is 4.21. The molecule has 4 rings (SSSR count). The fraction of sp³-hybridized carbons (Fsp3) is 0.875. The first-order valence-corrected chi connectivity index (χ1v) is 9.42. The van der Waals surface area contributed by atoms with E-state index in [9.17, 15) is 14.7 Å². The highest BCUT2D eigenvalue weighted by molar-refractivity contribution is 7.98. The van der Waals surface area contributed by atoms with Crippen LogP contribution in [-0.2, 0) is 9.59 Å². The van der Waals surface area contributed by atoms with Crippen LogP contribution in [0, 0.1) is 23.2 Å². The molecule has 0 radical (unpaired) electrons. The molecular weight excluding hydrogens is 286 g/mol. The summed E-state index contributed by atoms with van der Waals surface area (Å²) in [5, 5.41) is 14.0. The van der Waals surface area contributed by atoms with Crippen LogP contribution in [0.5, 0.6) is 0 Å². The molecule has 4 aliphatic carbocycles. The van der Waals surface area contributed by atoms with Crippen molar-refractivity contribution in [1.82, 2.24) is 5.32 Å². The molecule has 4 nitrogen and oxygen atoms in total. The summed E-state index contributed by atoms with van der Waals surface area (Å²) < 4.78 is 0. The molecule has 0 aliphatic heterocycles. The summed E-state index contributed by atoms with van der Waals surface area (Å²) >= 11 is 1.59. The summed E-state index contributed by atoms with van der Waals surface area (Å²) in [6.45, 7) is 0. The van der Waals surface area contributed by atoms with E-state index in [1.807, 2.05) is 6.26 Å². The number of thioether (sulfide) groups is 1. The molecule has 0 unspecified atom stereocenters. The molecule has 0 aromatic rings. The van der Waals surface area contributed by atoms with Gasteiger partial charge in [0, 0.05) is 5.41 Å². The van der Waals surface area contributed by atoms with Gasteiger partial charge in [-0.2, -0.15) is 11.8 Å². The van der Waals surface area contributed by atoms with Crippen LogP contribution in [-0.4, -0.2) is 29.9 Å². The fourth-order valence-corrected chi connectivity index (χ4v) is 5.66. The summed E-state index contributed by atoms with van der Waals surface area (Å²) in [6, 6.07) is -0.835. The molecular formula is C16H24NO3S-. The lowest BCUT2D eigenvalue weighted by Crippen LogP contribution is -2.57. The largest absolute Gasteiger partial charge is 0.548 e. The number of carbonyl (C=O) groups excluding carboxylic acids is 2. The highest BCUT2D eigenvalue weighted by Gasteiger charge is 2.54. The lowest BCUT2D eigenvalue weighted by molar-refractivity contribution is -0.308. The van der Waals surface area contributed by atoms with Crippen LogP contribution in [0.3, 0.4) is 0 Å². The molecule has 5 heteroatoms. The lowest BCUT2D eigenvalue weighted by atomic mass is 9.49. The van der Waals surface area contributed by atoms with E-state index in [0.29, 0.717) is 24.2 Å². The first-order valence-electron chi connectivity index (χ1n) is 8.03. The van der Waals surface area contributed by atoms with Crippen LogP contribution >= 0.6 is 11.8 Å². The van der Waals surface area contributed by atoms with Gasteiger partial charge in [0.1, 0.15) is 0 Å². The number of rotatable bonds is 6. The van der Waals surface area contributed by atoms with E-state index in [2.05, 4.69) is 5.32 Å². The summed E-state index contributed by atoms with van der Waals surface area (Å²) in [5.41, 5.74) is -0.276. The van der Waals surface area contributed by atoms with Crippen molar-refractivity contribution >= 4 is 23.6 Å². The normalized spacial score (nSPS) is 38.2. The highest BCUT2D eigenvalue weighted by atomic mass is 32.2. The Morgan fingerprint density at radius 1 is 1.19 bits per heavy atom. The fourth-order valence-electron chi connectivity index (χ4n) is 5.18. The topological polar surface area (TPSA) is 69.2 Å². The number of amides is 1. The van der Waals surface area contributed by atoms with Crippen LogP contribution < -0.4 is 10.4 Å². The van der Waals surface area contributed by atoms with Gasteiger partial charge in [0.25, 0.3) is 0 Å². The number of hydrogen-bond donors (Lipinski definition) is 1. The molecule has 0 heterocycles. The second-order valence-corrected chi connectivity index (χ2v) is 8.31. The van der Waals surface area contributed by atoms with E-state index in [1.165, 1.54) is 19.3 Å². The third kappa shape index (κ3) is 2.94. The van der Waals surface area contributed by atoms with Crippen LogP contribution in [0.4, 0.5) is 0 Å². The number of nitrogens with one attached hydrogen (secondary N) is 1. The maximum absolute atomic E-state index is 12.8. The van der Waals surface area contributed by atoms with Crippen molar-refractivity contribution in [2.75, 3.05) is 12.0 Å². The predicted octanol–water partition coefficient (Wildman–Crippen LogP) is 1.19. The van der Waals surface area contributed by atoms with E-state index in [4.69, 9.17) is 0 Å². The summed E-state index contributed by atoms with van der Waals surface area (Å²) in [5.74, 6) is 1.62. The van der Waals surface area contributed by atoms with Crippen LogP contribution in [0.15, 0.2) is 0 Å². The van der Waals surface area contributed by atoms with Gasteiger partial charge in [0.15, 0.2) is 0 Å². The number of hydrogen-bond acceptors (Lipinski definition) is 4. The number of carboxylic acids is 1. The van der Waals surface area contributed by atoms with E-state index < -0.39 is 12.0 Å². The van der Waals surface area contributed by atoms with Crippen molar-refractivity contribution in [2.45, 2.75) is 51.0 Å². The Hall–Kier alpha value is -0.710. The molecule has 1 amide bonds. The monoisotopic (exact) mass is 310 g/mol. The SMILES string of the molecule is CSCC[C@@H](NC(=O)C12CC3CC(CC(C3)C1)C2)C(=O)[O-]. The Morgan fingerprint density at radius 2 is 1.71 bits per heavy atom. The Balaban J connectivity index is 1.68. The zero-order valence-electron chi connectivity index (χ0n) is 12.6. The summed E-state index contributed by atoms with van der Waals surface area (Å²) in [6.07, 6.45) is 9.12. The third-order valence-corrected chi connectivity index (χ3v) is 6.36. The minimum Gasteiger partial charge on any atom is -0.548 e. The molecule has 1 N–H and O–H groups in total. The van der Waals surface area contributed by atoms with E-state index in [-0.39, 0.29) is 11.3 Å². The molecule has 0 saturated heterocycles. The average Bonchev–Trinajstić information content (AvgIpc) is 2.41. The van der Waals surface area contributed by atoms with Gasteiger partial charge in [-0.05, 0) is 74.7 Å². The Bertz CT molecular complexity index is 402. The van der Waals surface area contributed by atoms with Crippen LogP contribution in [0.1, 0.15) is 44.9 Å². The van der Waals surface area contributed by atoms with Crippen molar-refractivity contribution in [2.24, 2.45) is 23.2 Å². The number of carboxylic acid groups (broad SMARTS) is 1. The molecule has 21 heavy (non-hydrogen) atoms. The van der Waals surface area contributed by atoms with Crippen molar-refractivity contribution in [1.29, 1.82) is 0 Å². The molecule has 1 atom stereocenters. The van der Waals surface area contributed by atoms with E-state index in [1.54, 1.807) is 11.8 Å². The minimum atomic E-state index is -1.15. The molecule has 4 fully saturated rings. The van der Waals surface area contributed by atoms with Gasteiger partial charge in [-0.1, -0.05) is 0 Å². The van der Waals surface area contributed by atoms with Gasteiger partial charge in [0.2, 0.25) is 5.91 Å². The summed E-state index contributed by atoms with van der Waals surface area (Å²) in [4.78, 5) is 24.0. The third-order valence-electron chi connectivity index (χ3n) is 5.72.